The first-order valence-corrected chi connectivity index (χ1v) is 3.51. The molecule has 0 unspecified atom stereocenters. The number of hydrogen-bond acceptors (Lipinski definition) is 5. The number of nitrogens with zero attached hydrogens (tertiary/aromatic N) is 1. The van der Waals surface area contributed by atoms with Crippen molar-refractivity contribution in [3.05, 3.63) is 27.8 Å². The second-order valence-corrected chi connectivity index (χ2v) is 2.58. The van der Waals surface area contributed by atoms with Gasteiger partial charge in [-0.1, -0.05) is 0 Å². The maximum absolute atomic E-state index is 10.5. The summed E-state index contributed by atoms with van der Waals surface area (Å²) in [5, 5.41) is 19.0. The third-order valence-electron chi connectivity index (χ3n) is 1.75. The van der Waals surface area contributed by atoms with Crippen molar-refractivity contribution in [2.75, 3.05) is 11.2 Å². The number of nitrogen functional groups attached to an aromatic ring is 1. The van der Waals surface area contributed by atoms with Crippen molar-refractivity contribution in [2.45, 2.75) is 6.92 Å². The zero-order chi connectivity index (χ0) is 10.0. The van der Waals surface area contributed by atoms with Crippen molar-refractivity contribution in [1.29, 1.82) is 0 Å². The van der Waals surface area contributed by atoms with E-state index in [-0.39, 0.29) is 17.1 Å². The van der Waals surface area contributed by atoms with Crippen LogP contribution in [0.1, 0.15) is 5.56 Å². The summed E-state index contributed by atoms with van der Waals surface area (Å²) >= 11 is 0. The van der Waals surface area contributed by atoms with Gasteiger partial charge in [-0.25, -0.2) is 0 Å². The summed E-state index contributed by atoms with van der Waals surface area (Å²) in [6, 6.07) is 2.63. The summed E-state index contributed by atoms with van der Waals surface area (Å²) in [6.45, 7) is 1.55. The molecule has 0 fully saturated rings. The molecule has 0 saturated heterocycles. The summed E-state index contributed by atoms with van der Waals surface area (Å²) in [5.41, 5.74) is 8.04. The van der Waals surface area contributed by atoms with Gasteiger partial charge in [0, 0.05) is 17.3 Å². The number of nitrogens with one attached hydrogen (secondary N) is 1. The predicted molar refractivity (Wildman–Crippen MR) is 47.7 cm³/mol. The summed E-state index contributed by atoms with van der Waals surface area (Å²) in [7, 11) is 0. The Morgan fingerprint density at radius 1 is 1.62 bits per heavy atom. The number of benzene rings is 1. The molecule has 0 spiro atoms. The maximum Gasteiger partial charge on any atom is 0.276 e. The van der Waals surface area contributed by atoms with Gasteiger partial charge in [-0.2, -0.15) is 0 Å². The van der Waals surface area contributed by atoms with Crippen LogP contribution in [0.15, 0.2) is 12.1 Å². The highest BCUT2D eigenvalue weighted by molar-refractivity contribution is 5.66. The lowest BCUT2D eigenvalue weighted by molar-refractivity contribution is -0.385. The summed E-state index contributed by atoms with van der Waals surface area (Å²) < 4.78 is 0. The van der Waals surface area contributed by atoms with Gasteiger partial charge >= 0.3 is 0 Å². The highest BCUT2D eigenvalue weighted by atomic mass is 16.6. The van der Waals surface area contributed by atoms with Crippen LogP contribution in [-0.4, -0.2) is 10.1 Å². The van der Waals surface area contributed by atoms with E-state index in [1.165, 1.54) is 12.1 Å². The number of nitro benzene ring substituents is 1. The van der Waals surface area contributed by atoms with E-state index < -0.39 is 4.92 Å². The molecule has 0 aromatic heterocycles. The Balaban J connectivity index is 3.33. The van der Waals surface area contributed by atoms with Gasteiger partial charge in [0.15, 0.2) is 0 Å². The van der Waals surface area contributed by atoms with E-state index in [0.717, 1.165) is 0 Å². The van der Waals surface area contributed by atoms with Gasteiger partial charge in [0.2, 0.25) is 0 Å². The monoisotopic (exact) mass is 183 g/mol. The smallest absolute Gasteiger partial charge is 0.276 e. The third-order valence-corrected chi connectivity index (χ3v) is 1.75. The van der Waals surface area contributed by atoms with Crippen molar-refractivity contribution in [1.82, 2.24) is 0 Å². The molecule has 1 aromatic rings. The van der Waals surface area contributed by atoms with E-state index in [0.29, 0.717) is 5.56 Å². The standard InChI is InChI=1S/C7H9N3O3/c1-4-6(8)2-5(9-11)3-7(4)10(12)13/h2-3,9,11H,8H2,1H3. The Bertz CT molecular complexity index is 351. The van der Waals surface area contributed by atoms with E-state index >= 15 is 0 Å². The molecular weight excluding hydrogens is 174 g/mol. The van der Waals surface area contributed by atoms with Crippen molar-refractivity contribution in [3.8, 4) is 0 Å². The molecule has 1 rings (SSSR count). The molecule has 0 aliphatic heterocycles. The molecule has 1 aromatic carbocycles. The lowest BCUT2D eigenvalue weighted by atomic mass is 10.1. The Labute approximate surface area is 74.1 Å². The molecule has 6 nitrogen and oxygen atoms in total. The van der Waals surface area contributed by atoms with Gasteiger partial charge in [0.25, 0.3) is 5.69 Å². The first kappa shape index (κ1) is 9.27. The Morgan fingerprint density at radius 3 is 2.69 bits per heavy atom. The van der Waals surface area contributed by atoms with Crippen LogP contribution >= 0.6 is 0 Å². The predicted octanol–water partition coefficient (Wildman–Crippen LogP) is 1.29. The van der Waals surface area contributed by atoms with Crippen LogP contribution in [0.4, 0.5) is 17.1 Å². The fraction of sp³-hybridized carbons (Fsp3) is 0.143. The molecule has 0 amide bonds. The van der Waals surface area contributed by atoms with Crippen LogP contribution in [0, 0.1) is 17.0 Å². The average molecular weight is 183 g/mol. The van der Waals surface area contributed by atoms with Crippen LogP contribution in [0.2, 0.25) is 0 Å². The SMILES string of the molecule is Cc1c(N)cc(NO)cc1[N+](=O)[O-]. The number of rotatable bonds is 2. The molecular formula is C7H9N3O3. The Hall–Kier alpha value is -1.82. The van der Waals surface area contributed by atoms with Crippen molar-refractivity contribution in [3.63, 3.8) is 0 Å². The lowest BCUT2D eigenvalue weighted by Gasteiger charge is -2.04. The van der Waals surface area contributed by atoms with E-state index in [4.69, 9.17) is 10.9 Å². The second kappa shape index (κ2) is 3.28. The van der Waals surface area contributed by atoms with Crippen LogP contribution in [0.25, 0.3) is 0 Å². The normalized spacial score (nSPS) is 9.69. The molecule has 0 heterocycles. The zero-order valence-electron chi connectivity index (χ0n) is 6.94. The van der Waals surface area contributed by atoms with Crippen molar-refractivity contribution >= 4 is 17.1 Å². The lowest BCUT2D eigenvalue weighted by Crippen LogP contribution is -1.99. The topological polar surface area (TPSA) is 101 Å². The first-order chi connectivity index (χ1) is 6.06. The quantitative estimate of drug-likeness (QED) is 0.364. The largest absolute Gasteiger partial charge is 0.398 e. The molecule has 0 radical (unpaired) electrons. The minimum Gasteiger partial charge on any atom is -0.398 e. The highest BCUT2D eigenvalue weighted by Gasteiger charge is 2.14. The Morgan fingerprint density at radius 2 is 2.23 bits per heavy atom. The number of anilines is 2. The van der Waals surface area contributed by atoms with Crippen molar-refractivity contribution in [2.24, 2.45) is 0 Å². The van der Waals surface area contributed by atoms with Crippen LogP contribution < -0.4 is 11.2 Å². The molecule has 13 heavy (non-hydrogen) atoms. The fourth-order valence-electron chi connectivity index (χ4n) is 0.975. The molecule has 6 heteroatoms. The number of nitrogens with two attached hydrogens (primary N) is 1. The van der Waals surface area contributed by atoms with E-state index in [9.17, 15) is 10.1 Å². The summed E-state index contributed by atoms with van der Waals surface area (Å²) in [4.78, 5) is 9.93. The van der Waals surface area contributed by atoms with Gasteiger partial charge in [-0.15, -0.1) is 0 Å². The van der Waals surface area contributed by atoms with E-state index in [1.807, 2.05) is 0 Å². The number of nitro groups is 1. The van der Waals surface area contributed by atoms with Crippen LogP contribution in [0.5, 0.6) is 0 Å². The minimum absolute atomic E-state index is 0.114. The molecule has 0 aliphatic rings. The molecule has 0 atom stereocenters. The highest BCUT2D eigenvalue weighted by Crippen LogP contribution is 2.27. The Kier molecular flexibility index (Phi) is 2.34. The average Bonchev–Trinajstić information content (AvgIpc) is 2.09. The molecule has 4 N–H and O–H groups in total. The van der Waals surface area contributed by atoms with E-state index in [1.54, 1.807) is 12.4 Å². The minimum atomic E-state index is -0.549. The third kappa shape index (κ3) is 1.67. The molecule has 0 aliphatic carbocycles. The van der Waals surface area contributed by atoms with Crippen LogP contribution in [0.3, 0.4) is 0 Å². The van der Waals surface area contributed by atoms with Crippen molar-refractivity contribution < 1.29 is 10.1 Å². The van der Waals surface area contributed by atoms with Gasteiger partial charge < -0.3 is 5.73 Å². The summed E-state index contributed by atoms with van der Waals surface area (Å²) in [5.74, 6) is 0. The summed E-state index contributed by atoms with van der Waals surface area (Å²) in [6.07, 6.45) is 0. The molecule has 0 bridgehead atoms. The van der Waals surface area contributed by atoms with E-state index in [2.05, 4.69) is 0 Å². The zero-order valence-corrected chi connectivity index (χ0v) is 6.94. The second-order valence-electron chi connectivity index (χ2n) is 2.58. The van der Waals surface area contributed by atoms with Gasteiger partial charge in [0.1, 0.15) is 0 Å². The van der Waals surface area contributed by atoms with Gasteiger partial charge in [-0.05, 0) is 13.0 Å². The fourth-order valence-corrected chi connectivity index (χ4v) is 0.975. The molecule has 70 valence electrons. The van der Waals surface area contributed by atoms with Gasteiger partial charge in [-0.3, -0.25) is 20.8 Å². The van der Waals surface area contributed by atoms with Crippen LogP contribution in [-0.2, 0) is 0 Å². The number of hydrogen-bond donors (Lipinski definition) is 3. The molecule has 0 saturated carbocycles. The van der Waals surface area contributed by atoms with Gasteiger partial charge in [0.05, 0.1) is 10.6 Å². The maximum atomic E-state index is 10.5. The first-order valence-electron chi connectivity index (χ1n) is 3.51.